The van der Waals surface area contributed by atoms with Crippen LogP contribution in [0.4, 0.5) is 11.4 Å². The average molecular weight is 312 g/mol. The Labute approximate surface area is 135 Å². The number of aryl methyl sites for hydroxylation is 1. The summed E-state index contributed by atoms with van der Waals surface area (Å²) >= 11 is 0. The third-order valence-electron chi connectivity index (χ3n) is 3.44. The van der Waals surface area contributed by atoms with E-state index in [1.54, 1.807) is 24.3 Å². The Bertz CT molecular complexity index is 722. The van der Waals surface area contributed by atoms with E-state index in [1.807, 2.05) is 19.1 Å². The molecule has 0 bridgehead atoms. The molecule has 0 radical (unpaired) electrons. The molecular weight excluding hydrogens is 292 g/mol. The second-order valence-electron chi connectivity index (χ2n) is 5.71. The zero-order valence-electron chi connectivity index (χ0n) is 13.4. The van der Waals surface area contributed by atoms with E-state index in [0.29, 0.717) is 11.6 Å². The smallest absolute Gasteiger partial charge is 0.314 e. The molecule has 5 heteroatoms. The van der Waals surface area contributed by atoms with Gasteiger partial charge in [0.05, 0.1) is 5.69 Å². The highest BCUT2D eigenvalue weighted by molar-refractivity contribution is 6.43. The van der Waals surface area contributed by atoms with E-state index >= 15 is 0 Å². The monoisotopic (exact) mass is 312 g/mol. The Kier molecular flexibility index (Phi) is 5.01. The SMILES string of the molecule is Cc1ccc(O)c(NC(=O)C(=O)Nc2ccc(C(C)C)cc2)c1. The number of anilines is 2. The number of carbonyl (C=O) groups is 2. The van der Waals surface area contributed by atoms with Crippen LogP contribution in [0.3, 0.4) is 0 Å². The van der Waals surface area contributed by atoms with Crippen LogP contribution in [0.25, 0.3) is 0 Å². The molecule has 0 fully saturated rings. The summed E-state index contributed by atoms with van der Waals surface area (Å²) in [6, 6.07) is 12.1. The molecule has 0 aliphatic heterocycles. The van der Waals surface area contributed by atoms with E-state index in [1.165, 1.54) is 6.07 Å². The Balaban J connectivity index is 2.02. The highest BCUT2D eigenvalue weighted by atomic mass is 16.3. The first kappa shape index (κ1) is 16.5. The van der Waals surface area contributed by atoms with Crippen LogP contribution in [-0.2, 0) is 9.59 Å². The van der Waals surface area contributed by atoms with Gasteiger partial charge in [-0.2, -0.15) is 0 Å². The van der Waals surface area contributed by atoms with Crippen LogP contribution in [0.15, 0.2) is 42.5 Å². The van der Waals surface area contributed by atoms with Gasteiger partial charge >= 0.3 is 11.8 Å². The maximum Gasteiger partial charge on any atom is 0.314 e. The highest BCUT2D eigenvalue weighted by Gasteiger charge is 2.15. The number of phenolic OH excluding ortho intramolecular Hbond substituents is 1. The van der Waals surface area contributed by atoms with Crippen LogP contribution in [0.2, 0.25) is 0 Å². The second-order valence-corrected chi connectivity index (χ2v) is 5.71. The molecule has 0 aromatic heterocycles. The van der Waals surface area contributed by atoms with Gasteiger partial charge in [0.1, 0.15) is 5.75 Å². The molecule has 0 aliphatic carbocycles. The van der Waals surface area contributed by atoms with Crippen LogP contribution in [0, 0.1) is 6.92 Å². The summed E-state index contributed by atoms with van der Waals surface area (Å²) < 4.78 is 0. The van der Waals surface area contributed by atoms with Gasteiger partial charge in [0.25, 0.3) is 0 Å². The van der Waals surface area contributed by atoms with Crippen LogP contribution in [-0.4, -0.2) is 16.9 Å². The molecule has 0 heterocycles. The fourth-order valence-electron chi connectivity index (χ4n) is 2.07. The van der Waals surface area contributed by atoms with Crippen LogP contribution in [0.1, 0.15) is 30.9 Å². The summed E-state index contributed by atoms with van der Waals surface area (Å²) in [4.78, 5) is 23.8. The van der Waals surface area contributed by atoms with Crippen molar-refractivity contribution in [3.8, 4) is 5.75 Å². The van der Waals surface area contributed by atoms with Crippen molar-refractivity contribution >= 4 is 23.2 Å². The highest BCUT2D eigenvalue weighted by Crippen LogP contribution is 2.23. The van der Waals surface area contributed by atoms with Gasteiger partial charge in [-0.3, -0.25) is 9.59 Å². The first-order valence-corrected chi connectivity index (χ1v) is 7.38. The summed E-state index contributed by atoms with van der Waals surface area (Å²) in [5.41, 5.74) is 2.77. The fourth-order valence-corrected chi connectivity index (χ4v) is 2.07. The molecular formula is C18H20N2O3. The van der Waals surface area contributed by atoms with Crippen LogP contribution >= 0.6 is 0 Å². The molecule has 0 unspecified atom stereocenters. The number of carbonyl (C=O) groups excluding carboxylic acids is 2. The number of rotatable bonds is 3. The van der Waals surface area contributed by atoms with Crippen LogP contribution in [0.5, 0.6) is 5.75 Å². The Hall–Kier alpha value is -2.82. The van der Waals surface area contributed by atoms with Crippen molar-refractivity contribution in [3.05, 3.63) is 53.6 Å². The van der Waals surface area contributed by atoms with E-state index < -0.39 is 11.8 Å². The lowest BCUT2D eigenvalue weighted by Crippen LogP contribution is -2.29. The Morgan fingerprint density at radius 2 is 1.57 bits per heavy atom. The molecule has 0 spiro atoms. The van der Waals surface area contributed by atoms with Crippen molar-refractivity contribution in [1.29, 1.82) is 0 Å². The van der Waals surface area contributed by atoms with Gasteiger partial charge in [0, 0.05) is 5.69 Å². The van der Waals surface area contributed by atoms with Crippen molar-refractivity contribution in [2.45, 2.75) is 26.7 Å². The first-order chi connectivity index (χ1) is 10.9. The van der Waals surface area contributed by atoms with E-state index in [4.69, 9.17) is 0 Å². The van der Waals surface area contributed by atoms with Crippen molar-refractivity contribution in [2.75, 3.05) is 10.6 Å². The normalized spacial score (nSPS) is 10.4. The molecule has 2 aromatic carbocycles. The topological polar surface area (TPSA) is 78.4 Å². The quantitative estimate of drug-likeness (QED) is 0.600. The van der Waals surface area contributed by atoms with Gasteiger partial charge in [-0.05, 0) is 48.2 Å². The molecule has 0 atom stereocenters. The van der Waals surface area contributed by atoms with E-state index in [2.05, 4.69) is 24.5 Å². The molecule has 2 aromatic rings. The average Bonchev–Trinajstić information content (AvgIpc) is 2.51. The van der Waals surface area contributed by atoms with Gasteiger partial charge in [0.2, 0.25) is 0 Å². The number of amides is 2. The Morgan fingerprint density at radius 1 is 0.957 bits per heavy atom. The van der Waals surface area contributed by atoms with Gasteiger partial charge in [-0.15, -0.1) is 0 Å². The molecule has 0 aliphatic rings. The van der Waals surface area contributed by atoms with Gasteiger partial charge in [-0.1, -0.05) is 32.0 Å². The molecule has 3 N–H and O–H groups in total. The second kappa shape index (κ2) is 6.96. The largest absolute Gasteiger partial charge is 0.506 e. The lowest BCUT2D eigenvalue weighted by molar-refractivity contribution is -0.133. The molecule has 5 nitrogen and oxygen atoms in total. The summed E-state index contributed by atoms with van der Waals surface area (Å²) in [7, 11) is 0. The minimum Gasteiger partial charge on any atom is -0.506 e. The van der Waals surface area contributed by atoms with Gasteiger partial charge in [0.15, 0.2) is 0 Å². The molecule has 0 saturated heterocycles. The maximum atomic E-state index is 11.9. The lowest BCUT2D eigenvalue weighted by atomic mass is 10.0. The predicted octanol–water partition coefficient (Wildman–Crippen LogP) is 3.40. The minimum absolute atomic E-state index is 0.0852. The number of nitrogens with one attached hydrogen (secondary N) is 2. The summed E-state index contributed by atoms with van der Waals surface area (Å²) in [6.45, 7) is 5.98. The number of benzene rings is 2. The minimum atomic E-state index is -0.834. The summed E-state index contributed by atoms with van der Waals surface area (Å²) in [6.07, 6.45) is 0. The van der Waals surface area contributed by atoms with E-state index in [9.17, 15) is 14.7 Å². The number of aromatic hydroxyl groups is 1. The molecule has 0 saturated carbocycles. The van der Waals surface area contributed by atoms with Gasteiger partial charge < -0.3 is 15.7 Å². The number of phenols is 1. The zero-order chi connectivity index (χ0) is 17.0. The van der Waals surface area contributed by atoms with E-state index in [-0.39, 0.29) is 11.4 Å². The third kappa shape index (κ3) is 4.32. The zero-order valence-corrected chi connectivity index (χ0v) is 13.4. The number of hydrogen-bond donors (Lipinski definition) is 3. The van der Waals surface area contributed by atoms with Crippen molar-refractivity contribution in [2.24, 2.45) is 0 Å². The van der Waals surface area contributed by atoms with Crippen molar-refractivity contribution in [1.82, 2.24) is 0 Å². The number of hydrogen-bond acceptors (Lipinski definition) is 3. The summed E-state index contributed by atoms with van der Waals surface area (Å²) in [5.74, 6) is -1.31. The Morgan fingerprint density at radius 3 is 2.17 bits per heavy atom. The maximum absolute atomic E-state index is 11.9. The first-order valence-electron chi connectivity index (χ1n) is 7.38. The third-order valence-corrected chi connectivity index (χ3v) is 3.44. The standard InChI is InChI=1S/C18H20N2O3/c1-11(2)13-5-7-14(8-6-13)19-17(22)18(23)20-15-10-12(3)4-9-16(15)21/h4-11,21H,1-3H3,(H,19,22)(H,20,23). The fraction of sp³-hybridized carbons (Fsp3) is 0.222. The predicted molar refractivity (Wildman–Crippen MR) is 90.6 cm³/mol. The van der Waals surface area contributed by atoms with E-state index in [0.717, 1.165) is 11.1 Å². The lowest BCUT2D eigenvalue weighted by Gasteiger charge is -2.10. The molecule has 23 heavy (non-hydrogen) atoms. The molecule has 2 amide bonds. The van der Waals surface area contributed by atoms with Crippen molar-refractivity contribution in [3.63, 3.8) is 0 Å². The molecule has 2 rings (SSSR count). The van der Waals surface area contributed by atoms with Crippen LogP contribution < -0.4 is 10.6 Å². The summed E-state index contributed by atoms with van der Waals surface area (Å²) in [5, 5.41) is 14.6. The molecule has 120 valence electrons. The van der Waals surface area contributed by atoms with Gasteiger partial charge in [-0.25, -0.2) is 0 Å². The van der Waals surface area contributed by atoms with Crippen molar-refractivity contribution < 1.29 is 14.7 Å².